The van der Waals surface area contributed by atoms with Crippen LogP contribution >= 0.6 is 11.8 Å². The van der Waals surface area contributed by atoms with Crippen LogP contribution in [-0.2, 0) is 4.79 Å². The molecule has 0 spiro atoms. The molecule has 98 valence electrons. The van der Waals surface area contributed by atoms with E-state index in [0.29, 0.717) is 11.7 Å². The van der Waals surface area contributed by atoms with Crippen molar-refractivity contribution in [1.82, 2.24) is 4.90 Å². The minimum Gasteiger partial charge on any atom is -0.497 e. The first-order valence-corrected chi connectivity index (χ1v) is 7.32. The van der Waals surface area contributed by atoms with Gasteiger partial charge in [-0.25, -0.2) is 0 Å². The number of benzene rings is 1. The highest BCUT2D eigenvalue weighted by Crippen LogP contribution is 2.34. The molecule has 4 heteroatoms. The van der Waals surface area contributed by atoms with Gasteiger partial charge in [-0.2, -0.15) is 11.8 Å². The third-order valence-corrected chi connectivity index (χ3v) is 4.45. The quantitative estimate of drug-likeness (QED) is 0.841. The number of hydrogen-bond donors (Lipinski definition) is 0. The minimum atomic E-state index is 0.258. The van der Waals surface area contributed by atoms with Crippen LogP contribution in [0, 0.1) is 0 Å². The molecule has 0 saturated carbocycles. The fraction of sp³-hybridized carbons (Fsp3) is 0.500. The molecule has 0 bridgehead atoms. The number of ether oxygens (including phenoxy) is 1. The van der Waals surface area contributed by atoms with E-state index < -0.39 is 0 Å². The molecule has 2 rings (SSSR count). The number of methoxy groups -OCH3 is 1. The van der Waals surface area contributed by atoms with E-state index in [-0.39, 0.29) is 5.91 Å². The maximum absolute atomic E-state index is 11.7. The van der Waals surface area contributed by atoms with Gasteiger partial charge >= 0.3 is 0 Å². The van der Waals surface area contributed by atoms with Gasteiger partial charge in [0.2, 0.25) is 5.91 Å². The van der Waals surface area contributed by atoms with Crippen molar-refractivity contribution in [2.45, 2.75) is 18.6 Å². The summed E-state index contributed by atoms with van der Waals surface area (Å²) >= 11 is 1.93. The van der Waals surface area contributed by atoms with E-state index in [4.69, 9.17) is 4.74 Å². The zero-order chi connectivity index (χ0) is 13.0. The topological polar surface area (TPSA) is 29.5 Å². The Morgan fingerprint density at radius 1 is 1.44 bits per heavy atom. The first-order chi connectivity index (χ1) is 8.74. The number of hydrogen-bond acceptors (Lipinski definition) is 3. The fourth-order valence-electron chi connectivity index (χ4n) is 2.12. The molecule has 1 aromatic carbocycles. The zero-order valence-electron chi connectivity index (χ0n) is 10.9. The average Bonchev–Trinajstić information content (AvgIpc) is 2.46. The largest absolute Gasteiger partial charge is 0.497 e. The molecule has 1 fully saturated rings. The van der Waals surface area contributed by atoms with Crippen LogP contribution in [0.1, 0.15) is 24.2 Å². The average molecular weight is 265 g/mol. The van der Waals surface area contributed by atoms with Crippen LogP contribution in [-0.4, -0.2) is 36.8 Å². The van der Waals surface area contributed by atoms with Crippen molar-refractivity contribution < 1.29 is 9.53 Å². The van der Waals surface area contributed by atoms with E-state index in [0.717, 1.165) is 24.6 Å². The van der Waals surface area contributed by atoms with Gasteiger partial charge in [0.1, 0.15) is 5.75 Å². The molecule has 1 aromatic rings. The van der Waals surface area contributed by atoms with E-state index in [1.807, 2.05) is 35.7 Å². The monoisotopic (exact) mass is 265 g/mol. The first kappa shape index (κ1) is 13.3. The third kappa shape index (κ3) is 2.99. The van der Waals surface area contributed by atoms with Crippen LogP contribution in [0.3, 0.4) is 0 Å². The Kier molecular flexibility index (Phi) is 4.53. The highest BCUT2D eigenvalue weighted by molar-refractivity contribution is 7.99. The van der Waals surface area contributed by atoms with E-state index in [1.165, 1.54) is 5.56 Å². The summed E-state index contributed by atoms with van der Waals surface area (Å²) in [5.41, 5.74) is 1.27. The number of nitrogens with zero attached hydrogens (tertiary/aromatic N) is 1. The second kappa shape index (κ2) is 6.14. The van der Waals surface area contributed by atoms with Crippen LogP contribution in [0.4, 0.5) is 0 Å². The minimum absolute atomic E-state index is 0.258. The van der Waals surface area contributed by atoms with Crippen molar-refractivity contribution >= 4 is 17.7 Å². The van der Waals surface area contributed by atoms with Gasteiger partial charge in [-0.1, -0.05) is 19.1 Å². The molecule has 1 aliphatic heterocycles. The summed E-state index contributed by atoms with van der Waals surface area (Å²) in [6.45, 7) is 3.63. The first-order valence-electron chi connectivity index (χ1n) is 6.28. The summed E-state index contributed by atoms with van der Waals surface area (Å²) < 4.78 is 5.16. The van der Waals surface area contributed by atoms with Gasteiger partial charge in [0.15, 0.2) is 0 Å². The number of carbonyl (C=O) groups excluding carboxylic acids is 1. The van der Waals surface area contributed by atoms with Crippen LogP contribution in [0.5, 0.6) is 5.75 Å². The molecule has 3 nitrogen and oxygen atoms in total. The third-order valence-electron chi connectivity index (χ3n) is 3.21. The highest BCUT2D eigenvalue weighted by atomic mass is 32.2. The van der Waals surface area contributed by atoms with Gasteiger partial charge in [-0.05, 0) is 17.7 Å². The molecule has 1 aliphatic rings. The highest BCUT2D eigenvalue weighted by Gasteiger charge is 2.24. The normalized spacial score (nSPS) is 19.7. The number of rotatable bonds is 3. The molecule has 1 amide bonds. The molecule has 0 N–H and O–H groups in total. The smallest absolute Gasteiger partial charge is 0.222 e. The number of carbonyl (C=O) groups is 1. The molecular weight excluding hydrogens is 246 g/mol. The molecule has 1 heterocycles. The SMILES string of the molecule is CCC(=O)N1CCSC(c2ccc(OC)cc2)C1. The molecular formula is C14H19NO2S. The number of thioether (sulfide) groups is 1. The van der Waals surface area contributed by atoms with E-state index in [2.05, 4.69) is 12.1 Å². The Balaban J connectivity index is 2.05. The Bertz CT molecular complexity index is 405. The van der Waals surface area contributed by atoms with Gasteiger partial charge < -0.3 is 9.64 Å². The standard InChI is InChI=1S/C14H19NO2S/c1-3-14(16)15-8-9-18-13(10-15)11-4-6-12(17-2)7-5-11/h4-7,13H,3,8-10H2,1-2H3. The van der Waals surface area contributed by atoms with Crippen molar-refractivity contribution in [2.24, 2.45) is 0 Å². The lowest BCUT2D eigenvalue weighted by Gasteiger charge is -2.32. The van der Waals surface area contributed by atoms with Crippen molar-refractivity contribution in [3.8, 4) is 5.75 Å². The lowest BCUT2D eigenvalue weighted by molar-refractivity contribution is -0.130. The summed E-state index contributed by atoms with van der Waals surface area (Å²) in [6, 6.07) is 8.15. The molecule has 1 atom stereocenters. The van der Waals surface area contributed by atoms with Gasteiger partial charge in [0.05, 0.1) is 7.11 Å². The summed E-state index contributed by atoms with van der Waals surface area (Å²) in [7, 11) is 1.67. The maximum Gasteiger partial charge on any atom is 0.222 e. The molecule has 18 heavy (non-hydrogen) atoms. The van der Waals surface area contributed by atoms with Crippen molar-refractivity contribution in [2.75, 3.05) is 26.0 Å². The Labute approximate surface area is 113 Å². The second-order valence-electron chi connectivity index (χ2n) is 4.33. The Morgan fingerprint density at radius 2 is 2.17 bits per heavy atom. The van der Waals surface area contributed by atoms with Crippen LogP contribution in [0.15, 0.2) is 24.3 Å². The van der Waals surface area contributed by atoms with Crippen molar-refractivity contribution in [1.29, 1.82) is 0 Å². The summed E-state index contributed by atoms with van der Waals surface area (Å²) in [4.78, 5) is 13.7. The van der Waals surface area contributed by atoms with Gasteiger partial charge in [0, 0.05) is 30.5 Å². The predicted molar refractivity (Wildman–Crippen MR) is 75.1 cm³/mol. The lowest BCUT2D eigenvalue weighted by Crippen LogP contribution is -2.38. The van der Waals surface area contributed by atoms with E-state index in [9.17, 15) is 4.79 Å². The maximum atomic E-state index is 11.7. The number of amides is 1. The zero-order valence-corrected chi connectivity index (χ0v) is 11.7. The van der Waals surface area contributed by atoms with Crippen LogP contribution in [0.2, 0.25) is 0 Å². The van der Waals surface area contributed by atoms with Gasteiger partial charge in [-0.15, -0.1) is 0 Å². The molecule has 0 radical (unpaired) electrons. The van der Waals surface area contributed by atoms with Crippen molar-refractivity contribution in [3.63, 3.8) is 0 Å². The van der Waals surface area contributed by atoms with Crippen molar-refractivity contribution in [3.05, 3.63) is 29.8 Å². The molecule has 1 saturated heterocycles. The fourth-order valence-corrected chi connectivity index (χ4v) is 3.36. The second-order valence-corrected chi connectivity index (χ2v) is 5.64. The Morgan fingerprint density at radius 3 is 2.78 bits per heavy atom. The predicted octanol–water partition coefficient (Wildman–Crippen LogP) is 2.72. The van der Waals surface area contributed by atoms with Gasteiger partial charge in [0.25, 0.3) is 0 Å². The van der Waals surface area contributed by atoms with Crippen LogP contribution in [0.25, 0.3) is 0 Å². The molecule has 1 unspecified atom stereocenters. The Hall–Kier alpha value is -1.16. The summed E-state index contributed by atoms with van der Waals surface area (Å²) in [5, 5.41) is 0.389. The van der Waals surface area contributed by atoms with Crippen LogP contribution < -0.4 is 4.74 Å². The lowest BCUT2D eigenvalue weighted by atomic mass is 10.1. The van der Waals surface area contributed by atoms with Gasteiger partial charge in [-0.3, -0.25) is 4.79 Å². The molecule has 0 aliphatic carbocycles. The summed E-state index contributed by atoms with van der Waals surface area (Å²) in [6.07, 6.45) is 0.597. The van der Waals surface area contributed by atoms with E-state index >= 15 is 0 Å². The summed E-state index contributed by atoms with van der Waals surface area (Å²) in [5.74, 6) is 2.15. The van der Waals surface area contributed by atoms with E-state index in [1.54, 1.807) is 7.11 Å². The molecule has 0 aromatic heterocycles.